The molecule has 0 saturated heterocycles. The molecule has 0 atom stereocenters. The minimum atomic E-state index is 0. The lowest BCUT2D eigenvalue weighted by atomic mass is 10.1. The highest BCUT2D eigenvalue weighted by Crippen LogP contribution is 2.19. The highest BCUT2D eigenvalue weighted by Gasteiger charge is 2.12. The molecule has 1 nitrogen and oxygen atoms in total. The molecule has 1 aromatic carbocycles. The zero-order valence-electron chi connectivity index (χ0n) is 6.75. The minimum Gasteiger partial charge on any atom is -0.298 e. The van der Waals surface area contributed by atoms with Crippen molar-refractivity contribution in [1.82, 2.24) is 4.90 Å². The summed E-state index contributed by atoms with van der Waals surface area (Å²) in [5, 5.41) is 0. The van der Waals surface area contributed by atoms with Crippen LogP contribution in [0.1, 0.15) is 11.1 Å². The Morgan fingerprint density at radius 1 is 1.09 bits per heavy atom. The molecular formula is C9H11BN. The van der Waals surface area contributed by atoms with E-state index in [1.807, 2.05) is 0 Å². The van der Waals surface area contributed by atoms with E-state index in [4.69, 9.17) is 0 Å². The average molecular weight is 144 g/mol. The monoisotopic (exact) mass is 144 g/mol. The summed E-state index contributed by atoms with van der Waals surface area (Å²) in [7, 11) is 2.15. The Bertz CT molecular complexity index is 222. The summed E-state index contributed by atoms with van der Waals surface area (Å²) in [4.78, 5) is 2.32. The normalized spacial score (nSPS) is 15.7. The van der Waals surface area contributed by atoms with E-state index in [2.05, 4.69) is 36.2 Å². The lowest BCUT2D eigenvalue weighted by Gasteiger charge is -2.02. The number of nitrogens with zero attached hydrogens (tertiary/aromatic N) is 1. The van der Waals surface area contributed by atoms with Crippen molar-refractivity contribution in [2.45, 2.75) is 13.1 Å². The van der Waals surface area contributed by atoms with Crippen LogP contribution in [0, 0.1) is 0 Å². The number of hydrogen-bond acceptors (Lipinski definition) is 1. The van der Waals surface area contributed by atoms with Crippen molar-refractivity contribution in [3.63, 3.8) is 0 Å². The van der Waals surface area contributed by atoms with E-state index in [1.165, 1.54) is 11.1 Å². The van der Waals surface area contributed by atoms with Gasteiger partial charge in [-0.25, -0.2) is 0 Å². The molecule has 1 heterocycles. The molecule has 0 aliphatic carbocycles. The summed E-state index contributed by atoms with van der Waals surface area (Å²) < 4.78 is 0. The predicted molar refractivity (Wildman–Crippen MR) is 47.4 cm³/mol. The third kappa shape index (κ3) is 1.46. The molecule has 0 N–H and O–H groups in total. The highest BCUT2D eigenvalue weighted by molar-refractivity contribution is 5.75. The van der Waals surface area contributed by atoms with Crippen LogP contribution in [-0.2, 0) is 13.1 Å². The van der Waals surface area contributed by atoms with Crippen molar-refractivity contribution >= 4 is 8.41 Å². The Morgan fingerprint density at radius 3 is 2.00 bits per heavy atom. The fraction of sp³-hybridized carbons (Fsp3) is 0.333. The molecule has 0 aromatic heterocycles. The molecule has 55 valence electrons. The van der Waals surface area contributed by atoms with Crippen molar-refractivity contribution in [2.24, 2.45) is 0 Å². The van der Waals surface area contributed by atoms with Gasteiger partial charge in [-0.15, -0.1) is 0 Å². The van der Waals surface area contributed by atoms with Gasteiger partial charge in [0.2, 0.25) is 0 Å². The third-order valence-corrected chi connectivity index (χ3v) is 2.00. The molecule has 0 spiro atoms. The molecule has 2 rings (SSSR count). The third-order valence-electron chi connectivity index (χ3n) is 2.00. The van der Waals surface area contributed by atoms with Crippen molar-refractivity contribution < 1.29 is 0 Å². The van der Waals surface area contributed by atoms with Crippen LogP contribution in [0.15, 0.2) is 24.3 Å². The standard InChI is InChI=1S/C9H11N.B/c1-10-6-8-4-2-3-5-9(8)7-10;/h2-5H,6-7H2,1H3;. The maximum Gasteiger partial charge on any atom is 0.0237 e. The number of fused-ring (bicyclic) bond motifs is 1. The molecule has 11 heavy (non-hydrogen) atoms. The van der Waals surface area contributed by atoms with Crippen LogP contribution in [0.25, 0.3) is 0 Å². The second-order valence-electron chi connectivity index (χ2n) is 2.94. The zero-order valence-corrected chi connectivity index (χ0v) is 6.75. The van der Waals surface area contributed by atoms with Gasteiger partial charge >= 0.3 is 0 Å². The number of benzene rings is 1. The van der Waals surface area contributed by atoms with Gasteiger partial charge in [0, 0.05) is 21.5 Å². The molecule has 1 aliphatic rings. The Morgan fingerprint density at radius 2 is 1.55 bits per heavy atom. The van der Waals surface area contributed by atoms with E-state index in [9.17, 15) is 0 Å². The quantitative estimate of drug-likeness (QED) is 0.495. The zero-order chi connectivity index (χ0) is 6.97. The topological polar surface area (TPSA) is 3.24 Å². The van der Waals surface area contributed by atoms with E-state index in [0.717, 1.165) is 13.1 Å². The fourth-order valence-corrected chi connectivity index (χ4v) is 1.50. The summed E-state index contributed by atoms with van der Waals surface area (Å²) >= 11 is 0. The number of hydrogen-bond donors (Lipinski definition) is 0. The van der Waals surface area contributed by atoms with Crippen LogP contribution in [0.5, 0.6) is 0 Å². The van der Waals surface area contributed by atoms with Crippen LogP contribution in [-0.4, -0.2) is 20.4 Å². The van der Waals surface area contributed by atoms with Gasteiger partial charge in [0.05, 0.1) is 0 Å². The molecule has 0 unspecified atom stereocenters. The molecule has 1 aromatic rings. The van der Waals surface area contributed by atoms with Gasteiger partial charge in [0.1, 0.15) is 0 Å². The molecular weight excluding hydrogens is 133 g/mol. The van der Waals surface area contributed by atoms with Gasteiger partial charge < -0.3 is 0 Å². The van der Waals surface area contributed by atoms with Gasteiger partial charge in [-0.1, -0.05) is 24.3 Å². The molecule has 1 aliphatic heterocycles. The van der Waals surface area contributed by atoms with E-state index < -0.39 is 0 Å². The summed E-state index contributed by atoms with van der Waals surface area (Å²) in [6.45, 7) is 2.24. The Kier molecular flexibility index (Phi) is 2.35. The lowest BCUT2D eigenvalue weighted by Crippen LogP contribution is -2.07. The van der Waals surface area contributed by atoms with Crippen LogP contribution < -0.4 is 0 Å². The molecule has 3 radical (unpaired) electrons. The van der Waals surface area contributed by atoms with Crippen molar-refractivity contribution in [1.29, 1.82) is 0 Å². The largest absolute Gasteiger partial charge is 0.298 e. The smallest absolute Gasteiger partial charge is 0.0237 e. The first kappa shape index (κ1) is 8.34. The van der Waals surface area contributed by atoms with Crippen LogP contribution in [0.3, 0.4) is 0 Å². The predicted octanol–water partition coefficient (Wildman–Crippen LogP) is 1.25. The van der Waals surface area contributed by atoms with Gasteiger partial charge in [-0.2, -0.15) is 0 Å². The van der Waals surface area contributed by atoms with Gasteiger partial charge in [-0.05, 0) is 18.2 Å². The Balaban J connectivity index is 0.000000605. The summed E-state index contributed by atoms with van der Waals surface area (Å²) in [6, 6.07) is 8.63. The van der Waals surface area contributed by atoms with Crippen molar-refractivity contribution in [2.75, 3.05) is 7.05 Å². The van der Waals surface area contributed by atoms with E-state index in [-0.39, 0.29) is 8.41 Å². The summed E-state index contributed by atoms with van der Waals surface area (Å²) in [5.74, 6) is 0. The first-order valence-corrected chi connectivity index (χ1v) is 3.61. The van der Waals surface area contributed by atoms with Crippen molar-refractivity contribution in [3.05, 3.63) is 35.4 Å². The van der Waals surface area contributed by atoms with Crippen LogP contribution >= 0.6 is 0 Å². The minimum absolute atomic E-state index is 0. The second kappa shape index (κ2) is 3.10. The highest BCUT2D eigenvalue weighted by atomic mass is 15.1. The van der Waals surface area contributed by atoms with Gasteiger partial charge in [-0.3, -0.25) is 4.90 Å². The summed E-state index contributed by atoms with van der Waals surface area (Å²) in [6.07, 6.45) is 0. The Labute approximate surface area is 69.6 Å². The molecule has 0 amide bonds. The first-order valence-electron chi connectivity index (χ1n) is 3.61. The maximum atomic E-state index is 2.32. The molecule has 0 saturated carbocycles. The van der Waals surface area contributed by atoms with Gasteiger partial charge in [0.15, 0.2) is 0 Å². The van der Waals surface area contributed by atoms with E-state index in [1.54, 1.807) is 0 Å². The molecule has 0 fully saturated rings. The molecule has 0 bridgehead atoms. The van der Waals surface area contributed by atoms with E-state index >= 15 is 0 Å². The maximum absolute atomic E-state index is 2.32. The average Bonchev–Trinajstić information content (AvgIpc) is 2.27. The lowest BCUT2D eigenvalue weighted by molar-refractivity contribution is 0.353. The van der Waals surface area contributed by atoms with Crippen LogP contribution in [0.4, 0.5) is 0 Å². The number of rotatable bonds is 0. The van der Waals surface area contributed by atoms with Gasteiger partial charge in [0.25, 0.3) is 0 Å². The van der Waals surface area contributed by atoms with Crippen LogP contribution in [0.2, 0.25) is 0 Å². The van der Waals surface area contributed by atoms with Crippen molar-refractivity contribution in [3.8, 4) is 0 Å². The molecule has 2 heteroatoms. The Hall–Kier alpha value is -0.755. The first-order chi connectivity index (χ1) is 4.86. The van der Waals surface area contributed by atoms with E-state index in [0.29, 0.717) is 0 Å². The SMILES string of the molecule is CN1Cc2ccccc2C1.[B]. The summed E-state index contributed by atoms with van der Waals surface area (Å²) in [5.41, 5.74) is 2.98. The second-order valence-corrected chi connectivity index (χ2v) is 2.94. The fourth-order valence-electron chi connectivity index (χ4n) is 1.50.